The summed E-state index contributed by atoms with van der Waals surface area (Å²) in [5.74, 6) is 0. The molecule has 0 unspecified atom stereocenters. The molecule has 0 amide bonds. The van der Waals surface area contributed by atoms with E-state index in [4.69, 9.17) is 0 Å². The fraction of sp³-hybridized carbons (Fsp3) is 0.200. The van der Waals surface area contributed by atoms with E-state index in [1.165, 1.54) is 6.07 Å². The van der Waals surface area contributed by atoms with Gasteiger partial charge in [-0.3, -0.25) is 4.55 Å². The molecule has 1 N–H and O–H groups in total. The van der Waals surface area contributed by atoms with Gasteiger partial charge in [0.25, 0.3) is 10.1 Å². The van der Waals surface area contributed by atoms with E-state index in [-0.39, 0.29) is 4.90 Å². The summed E-state index contributed by atoms with van der Waals surface area (Å²) in [6.45, 7) is 11.0. The molecule has 4 heteroatoms. The minimum absolute atomic E-state index is 0.0583. The molecule has 0 aliphatic rings. The van der Waals surface area contributed by atoms with E-state index in [2.05, 4.69) is 19.7 Å². The minimum Gasteiger partial charge on any atom is -0.282 e. The zero-order valence-electron chi connectivity index (χ0n) is 10.8. The SMILES string of the molecule is C=CCc1ccc(S(=O)(=O)O)c(CC=C)c1CC=C. The second-order valence-electron chi connectivity index (χ2n) is 4.13. The van der Waals surface area contributed by atoms with Crippen molar-refractivity contribution in [2.75, 3.05) is 0 Å². The Morgan fingerprint density at radius 2 is 1.47 bits per heavy atom. The highest BCUT2D eigenvalue weighted by Gasteiger charge is 2.19. The molecule has 1 aromatic rings. The summed E-state index contributed by atoms with van der Waals surface area (Å²) in [7, 11) is -4.24. The molecule has 0 aliphatic carbocycles. The maximum atomic E-state index is 11.4. The topological polar surface area (TPSA) is 54.4 Å². The van der Waals surface area contributed by atoms with Crippen molar-refractivity contribution in [3.8, 4) is 0 Å². The van der Waals surface area contributed by atoms with Gasteiger partial charge in [-0.2, -0.15) is 8.42 Å². The monoisotopic (exact) mass is 278 g/mol. The Hall–Kier alpha value is -1.65. The minimum atomic E-state index is -4.24. The quantitative estimate of drug-likeness (QED) is 0.616. The van der Waals surface area contributed by atoms with Crippen molar-refractivity contribution >= 4 is 10.1 Å². The smallest absolute Gasteiger partial charge is 0.282 e. The lowest BCUT2D eigenvalue weighted by Crippen LogP contribution is -2.08. The first-order chi connectivity index (χ1) is 8.95. The van der Waals surface area contributed by atoms with E-state index in [1.54, 1.807) is 24.3 Å². The van der Waals surface area contributed by atoms with Crippen LogP contribution in [0.1, 0.15) is 16.7 Å². The van der Waals surface area contributed by atoms with Gasteiger partial charge in [0.2, 0.25) is 0 Å². The van der Waals surface area contributed by atoms with Crippen LogP contribution in [-0.2, 0) is 29.4 Å². The number of hydrogen-bond donors (Lipinski definition) is 1. The Kier molecular flexibility index (Phi) is 5.27. The van der Waals surface area contributed by atoms with Crippen LogP contribution in [-0.4, -0.2) is 13.0 Å². The van der Waals surface area contributed by atoms with Gasteiger partial charge in [-0.15, -0.1) is 19.7 Å². The van der Waals surface area contributed by atoms with Crippen LogP contribution in [0.5, 0.6) is 0 Å². The van der Waals surface area contributed by atoms with Crippen LogP contribution in [0.2, 0.25) is 0 Å². The molecule has 1 aromatic carbocycles. The van der Waals surface area contributed by atoms with E-state index in [0.29, 0.717) is 24.8 Å². The zero-order chi connectivity index (χ0) is 14.5. The molecule has 0 saturated heterocycles. The maximum absolute atomic E-state index is 11.4. The predicted molar refractivity (Wildman–Crippen MR) is 78.0 cm³/mol. The molecular formula is C15H18O3S. The first kappa shape index (κ1) is 15.4. The van der Waals surface area contributed by atoms with Crippen molar-refractivity contribution in [3.05, 3.63) is 66.8 Å². The average molecular weight is 278 g/mol. The normalized spacial score (nSPS) is 11.0. The van der Waals surface area contributed by atoms with E-state index in [1.807, 2.05) is 0 Å². The van der Waals surface area contributed by atoms with Gasteiger partial charge >= 0.3 is 0 Å². The molecule has 0 heterocycles. The Labute approximate surface area is 114 Å². The van der Waals surface area contributed by atoms with Gasteiger partial charge in [0.05, 0.1) is 4.90 Å². The highest BCUT2D eigenvalue weighted by atomic mass is 32.2. The van der Waals surface area contributed by atoms with E-state index >= 15 is 0 Å². The summed E-state index contributed by atoms with van der Waals surface area (Å²) < 4.78 is 32.2. The fourth-order valence-electron chi connectivity index (χ4n) is 2.08. The van der Waals surface area contributed by atoms with Crippen LogP contribution in [0, 0.1) is 0 Å². The summed E-state index contributed by atoms with van der Waals surface area (Å²) in [5.41, 5.74) is 2.43. The van der Waals surface area contributed by atoms with Gasteiger partial charge in [0, 0.05) is 0 Å². The van der Waals surface area contributed by atoms with Gasteiger partial charge < -0.3 is 0 Å². The van der Waals surface area contributed by atoms with Crippen molar-refractivity contribution in [1.82, 2.24) is 0 Å². The number of allylic oxidation sites excluding steroid dienone is 3. The van der Waals surface area contributed by atoms with Crippen molar-refractivity contribution in [2.45, 2.75) is 24.2 Å². The summed E-state index contributed by atoms with van der Waals surface area (Å²) >= 11 is 0. The molecule has 0 spiro atoms. The second kappa shape index (κ2) is 6.50. The van der Waals surface area contributed by atoms with Gasteiger partial charge in [0.15, 0.2) is 0 Å². The molecule has 0 fully saturated rings. The predicted octanol–water partition coefficient (Wildman–Crippen LogP) is 3.12. The highest BCUT2D eigenvalue weighted by Crippen LogP contribution is 2.25. The average Bonchev–Trinajstić information content (AvgIpc) is 2.32. The molecule has 19 heavy (non-hydrogen) atoms. The standard InChI is InChI=1S/C15H18O3S/c1-4-7-12-10-11-15(19(16,17)18)14(9-6-3)13(12)8-5-2/h4-6,10-11H,1-3,7-9H2,(H,16,17,18). The molecule has 3 nitrogen and oxygen atoms in total. The molecular weight excluding hydrogens is 260 g/mol. The lowest BCUT2D eigenvalue weighted by Gasteiger charge is -2.15. The molecule has 0 radical (unpaired) electrons. The molecule has 1 rings (SSSR count). The summed E-state index contributed by atoms with van der Waals surface area (Å²) in [6.07, 6.45) is 6.64. The maximum Gasteiger partial charge on any atom is 0.294 e. The molecule has 0 saturated carbocycles. The zero-order valence-corrected chi connectivity index (χ0v) is 11.6. The largest absolute Gasteiger partial charge is 0.294 e. The molecule has 0 aromatic heterocycles. The van der Waals surface area contributed by atoms with E-state index in [0.717, 1.165) is 11.1 Å². The lowest BCUT2D eigenvalue weighted by molar-refractivity contribution is 0.482. The molecule has 0 atom stereocenters. The third-order valence-corrected chi connectivity index (χ3v) is 3.76. The molecule has 0 aliphatic heterocycles. The van der Waals surface area contributed by atoms with Crippen LogP contribution in [0.15, 0.2) is 55.0 Å². The van der Waals surface area contributed by atoms with Gasteiger partial charge in [-0.1, -0.05) is 24.3 Å². The molecule has 102 valence electrons. The Bertz CT molecular complexity index is 598. The van der Waals surface area contributed by atoms with Crippen LogP contribution in [0.25, 0.3) is 0 Å². The third kappa shape index (κ3) is 3.66. The number of benzene rings is 1. The second-order valence-corrected chi connectivity index (χ2v) is 5.52. The Morgan fingerprint density at radius 3 is 1.95 bits per heavy atom. The third-order valence-electron chi connectivity index (χ3n) is 2.82. The summed E-state index contributed by atoms with van der Waals surface area (Å²) in [4.78, 5) is -0.0583. The first-order valence-corrected chi connectivity index (χ1v) is 7.33. The van der Waals surface area contributed by atoms with Crippen molar-refractivity contribution in [1.29, 1.82) is 0 Å². The van der Waals surface area contributed by atoms with Crippen LogP contribution in [0.3, 0.4) is 0 Å². The van der Waals surface area contributed by atoms with Gasteiger partial charge in [0.1, 0.15) is 0 Å². The van der Waals surface area contributed by atoms with Crippen molar-refractivity contribution < 1.29 is 13.0 Å². The Balaban J connectivity index is 3.61. The fourth-order valence-corrected chi connectivity index (χ4v) is 2.83. The Morgan fingerprint density at radius 1 is 0.947 bits per heavy atom. The van der Waals surface area contributed by atoms with Crippen molar-refractivity contribution in [3.63, 3.8) is 0 Å². The lowest BCUT2D eigenvalue weighted by atomic mass is 9.94. The summed E-state index contributed by atoms with van der Waals surface area (Å²) in [5, 5.41) is 0. The molecule has 0 bridgehead atoms. The van der Waals surface area contributed by atoms with Gasteiger partial charge in [-0.25, -0.2) is 0 Å². The number of rotatable bonds is 7. The van der Waals surface area contributed by atoms with Crippen LogP contribution >= 0.6 is 0 Å². The van der Waals surface area contributed by atoms with Crippen LogP contribution < -0.4 is 0 Å². The van der Waals surface area contributed by atoms with Crippen molar-refractivity contribution in [2.24, 2.45) is 0 Å². The number of hydrogen-bond acceptors (Lipinski definition) is 2. The van der Waals surface area contributed by atoms with E-state index in [9.17, 15) is 13.0 Å². The van der Waals surface area contributed by atoms with Gasteiger partial charge in [-0.05, 0) is 42.0 Å². The van der Waals surface area contributed by atoms with Crippen LogP contribution in [0.4, 0.5) is 0 Å². The van der Waals surface area contributed by atoms with E-state index < -0.39 is 10.1 Å². The summed E-state index contributed by atoms with van der Waals surface area (Å²) in [6, 6.07) is 3.13. The highest BCUT2D eigenvalue weighted by molar-refractivity contribution is 7.85. The first-order valence-electron chi connectivity index (χ1n) is 5.89.